The highest BCUT2D eigenvalue weighted by molar-refractivity contribution is 5.78. The lowest BCUT2D eigenvalue weighted by molar-refractivity contribution is 0.569. The van der Waals surface area contributed by atoms with Crippen LogP contribution in [0.1, 0.15) is 77.6 Å². The zero-order valence-corrected chi connectivity index (χ0v) is 17.8. The number of benzene rings is 2. The van der Waals surface area contributed by atoms with Crippen molar-refractivity contribution in [1.82, 2.24) is 0 Å². The van der Waals surface area contributed by atoms with Crippen LogP contribution in [0.3, 0.4) is 0 Å². The molecule has 3 rings (SSSR count). The lowest BCUT2D eigenvalue weighted by Crippen LogP contribution is -2.16. The number of hydrogen-bond donors (Lipinski definition) is 0. The maximum Gasteiger partial charge on any atom is -0.00491 e. The Balaban J connectivity index is 2.17. The molecule has 0 heterocycles. The first-order chi connectivity index (χ1) is 12.0. The Morgan fingerprint density at radius 3 is 1.88 bits per heavy atom. The van der Waals surface area contributed by atoms with Gasteiger partial charge in [0.15, 0.2) is 0 Å². The minimum atomic E-state index is 0.148. The highest BCUT2D eigenvalue weighted by Gasteiger charge is 2.23. The van der Waals surface area contributed by atoms with E-state index in [1.807, 2.05) is 0 Å². The molecule has 0 saturated carbocycles. The summed E-state index contributed by atoms with van der Waals surface area (Å²) in [6, 6.07) is 14.0. The van der Waals surface area contributed by atoms with Gasteiger partial charge in [-0.2, -0.15) is 0 Å². The van der Waals surface area contributed by atoms with E-state index in [-0.39, 0.29) is 10.8 Å². The molecule has 0 fully saturated rings. The van der Waals surface area contributed by atoms with Gasteiger partial charge in [-0.15, -0.1) is 0 Å². The first-order valence-electron chi connectivity index (χ1n) is 9.95. The van der Waals surface area contributed by atoms with E-state index in [1.165, 1.54) is 33.4 Å². The van der Waals surface area contributed by atoms with Crippen LogP contribution in [0.4, 0.5) is 0 Å². The maximum atomic E-state index is 2.41. The second-order valence-corrected chi connectivity index (χ2v) is 10.2. The van der Waals surface area contributed by atoms with Gasteiger partial charge in [0.1, 0.15) is 0 Å². The summed E-state index contributed by atoms with van der Waals surface area (Å²) >= 11 is 0. The average molecular weight is 347 g/mol. The topological polar surface area (TPSA) is 0 Å². The third-order valence-corrected chi connectivity index (χ3v) is 5.65. The van der Waals surface area contributed by atoms with Gasteiger partial charge in [0, 0.05) is 0 Å². The van der Waals surface area contributed by atoms with Crippen LogP contribution in [0.5, 0.6) is 0 Å². The monoisotopic (exact) mass is 346 g/mol. The van der Waals surface area contributed by atoms with Gasteiger partial charge in [0.2, 0.25) is 0 Å². The SMILES string of the molecule is CC(C)C1=Cc2cccc(-c3cc(C(C)(C)C)cc(C(C)(C)C)c3)c2C1. The molecular weight excluding hydrogens is 312 g/mol. The fourth-order valence-electron chi connectivity index (χ4n) is 3.68. The van der Waals surface area contributed by atoms with E-state index in [2.05, 4.69) is 97.9 Å². The van der Waals surface area contributed by atoms with Crippen molar-refractivity contribution >= 4 is 6.08 Å². The molecule has 26 heavy (non-hydrogen) atoms. The summed E-state index contributed by atoms with van der Waals surface area (Å²) in [5.74, 6) is 0.612. The van der Waals surface area contributed by atoms with Crippen LogP contribution in [0.25, 0.3) is 17.2 Å². The highest BCUT2D eigenvalue weighted by atomic mass is 14.3. The fraction of sp³-hybridized carbons (Fsp3) is 0.462. The summed E-state index contributed by atoms with van der Waals surface area (Å²) in [7, 11) is 0. The highest BCUT2D eigenvalue weighted by Crippen LogP contribution is 2.39. The summed E-state index contributed by atoms with van der Waals surface area (Å²) in [5.41, 5.74) is 10.4. The Hall–Kier alpha value is -1.82. The summed E-state index contributed by atoms with van der Waals surface area (Å²) in [6.45, 7) is 18.5. The van der Waals surface area contributed by atoms with Crippen LogP contribution in [-0.4, -0.2) is 0 Å². The molecule has 0 saturated heterocycles. The quantitative estimate of drug-likeness (QED) is 0.526. The first kappa shape index (κ1) is 19.0. The van der Waals surface area contributed by atoms with Crippen molar-refractivity contribution in [3.63, 3.8) is 0 Å². The third kappa shape index (κ3) is 3.65. The molecule has 0 spiro atoms. The zero-order chi connectivity index (χ0) is 19.3. The Labute approximate surface area is 160 Å². The first-order valence-corrected chi connectivity index (χ1v) is 9.95. The summed E-state index contributed by atoms with van der Waals surface area (Å²) < 4.78 is 0. The molecule has 0 bridgehead atoms. The van der Waals surface area contributed by atoms with Crippen LogP contribution in [0.2, 0.25) is 0 Å². The van der Waals surface area contributed by atoms with Crippen LogP contribution in [0, 0.1) is 5.92 Å². The van der Waals surface area contributed by atoms with E-state index in [4.69, 9.17) is 0 Å². The summed E-state index contributed by atoms with van der Waals surface area (Å²) in [6.07, 6.45) is 3.50. The van der Waals surface area contributed by atoms with E-state index < -0.39 is 0 Å². The molecule has 0 N–H and O–H groups in total. The van der Waals surface area contributed by atoms with Gasteiger partial charge in [0.25, 0.3) is 0 Å². The molecule has 0 unspecified atom stereocenters. The molecule has 0 aliphatic heterocycles. The maximum absolute atomic E-state index is 2.41. The van der Waals surface area contributed by atoms with E-state index in [0.717, 1.165) is 6.42 Å². The lowest BCUT2D eigenvalue weighted by atomic mass is 9.78. The molecule has 0 aromatic heterocycles. The molecule has 2 aromatic carbocycles. The minimum absolute atomic E-state index is 0.148. The number of rotatable bonds is 2. The van der Waals surface area contributed by atoms with Crippen molar-refractivity contribution < 1.29 is 0 Å². The minimum Gasteiger partial charge on any atom is -0.0626 e. The molecule has 0 nitrogen and oxygen atoms in total. The predicted octanol–water partition coefficient (Wildman–Crippen LogP) is 7.54. The molecule has 1 aliphatic rings. The van der Waals surface area contributed by atoms with Gasteiger partial charge in [-0.3, -0.25) is 0 Å². The lowest BCUT2D eigenvalue weighted by Gasteiger charge is -2.26. The average Bonchev–Trinajstić information content (AvgIpc) is 2.97. The van der Waals surface area contributed by atoms with Gasteiger partial charge in [-0.05, 0) is 56.5 Å². The number of fused-ring (bicyclic) bond motifs is 1. The predicted molar refractivity (Wildman–Crippen MR) is 116 cm³/mol. The molecule has 138 valence electrons. The Morgan fingerprint density at radius 1 is 0.808 bits per heavy atom. The van der Waals surface area contributed by atoms with E-state index >= 15 is 0 Å². The van der Waals surface area contributed by atoms with Crippen LogP contribution < -0.4 is 0 Å². The van der Waals surface area contributed by atoms with Crippen molar-refractivity contribution in [2.24, 2.45) is 5.92 Å². The Morgan fingerprint density at radius 2 is 1.38 bits per heavy atom. The van der Waals surface area contributed by atoms with Gasteiger partial charge >= 0.3 is 0 Å². The molecule has 1 aliphatic carbocycles. The largest absolute Gasteiger partial charge is 0.0626 e. The molecule has 2 aromatic rings. The van der Waals surface area contributed by atoms with Crippen LogP contribution >= 0.6 is 0 Å². The van der Waals surface area contributed by atoms with E-state index in [9.17, 15) is 0 Å². The van der Waals surface area contributed by atoms with Crippen molar-refractivity contribution in [1.29, 1.82) is 0 Å². The van der Waals surface area contributed by atoms with Gasteiger partial charge in [-0.1, -0.05) is 103 Å². The Kier molecular flexibility index (Phi) is 4.67. The van der Waals surface area contributed by atoms with Crippen LogP contribution in [0.15, 0.2) is 42.0 Å². The second-order valence-electron chi connectivity index (χ2n) is 10.2. The summed E-state index contributed by atoms with van der Waals surface area (Å²) in [5, 5.41) is 0. The summed E-state index contributed by atoms with van der Waals surface area (Å²) in [4.78, 5) is 0. The second kappa shape index (κ2) is 6.41. The fourth-order valence-corrected chi connectivity index (χ4v) is 3.68. The van der Waals surface area contributed by atoms with Crippen molar-refractivity contribution in [2.75, 3.05) is 0 Å². The van der Waals surface area contributed by atoms with Crippen LogP contribution in [-0.2, 0) is 17.3 Å². The molecule has 0 amide bonds. The zero-order valence-electron chi connectivity index (χ0n) is 17.8. The Bertz CT molecular complexity index is 816. The van der Waals surface area contributed by atoms with Gasteiger partial charge in [0.05, 0.1) is 0 Å². The van der Waals surface area contributed by atoms with E-state index in [0.29, 0.717) is 5.92 Å². The molecule has 0 radical (unpaired) electrons. The van der Waals surface area contributed by atoms with Gasteiger partial charge < -0.3 is 0 Å². The van der Waals surface area contributed by atoms with Crippen molar-refractivity contribution in [3.05, 3.63) is 64.2 Å². The van der Waals surface area contributed by atoms with Gasteiger partial charge in [-0.25, -0.2) is 0 Å². The molecule has 0 atom stereocenters. The van der Waals surface area contributed by atoms with Crippen molar-refractivity contribution in [2.45, 2.75) is 72.6 Å². The molecule has 0 heteroatoms. The number of allylic oxidation sites excluding steroid dienone is 1. The number of hydrogen-bond acceptors (Lipinski definition) is 0. The third-order valence-electron chi connectivity index (χ3n) is 5.65. The van der Waals surface area contributed by atoms with Crippen molar-refractivity contribution in [3.8, 4) is 11.1 Å². The normalized spacial score (nSPS) is 14.6. The smallest absolute Gasteiger partial charge is 0.00491 e. The van der Waals surface area contributed by atoms with E-state index in [1.54, 1.807) is 5.57 Å². The standard InChI is InChI=1S/C26H34/c1-17(2)19-12-18-10-9-11-23(24(18)15-19)20-13-21(25(3,4)5)16-22(14-20)26(6,7)8/h9-14,16-17H,15H2,1-8H3. The molecular formula is C26H34.